The lowest BCUT2D eigenvalue weighted by molar-refractivity contribution is -0.162. The molecular formula is C17H18ClN3O4. The number of amides is 1. The number of benzene rings is 1. The summed E-state index contributed by atoms with van der Waals surface area (Å²) in [5.74, 6) is -1.46. The van der Waals surface area contributed by atoms with Crippen molar-refractivity contribution in [1.82, 2.24) is 14.7 Å². The largest absolute Gasteiger partial charge is 0.479 e. The first kappa shape index (κ1) is 17.4. The number of hydrogen-bond donors (Lipinski definition) is 2. The molecule has 0 spiro atoms. The Kier molecular flexibility index (Phi) is 4.53. The van der Waals surface area contributed by atoms with Crippen molar-refractivity contribution in [1.29, 1.82) is 0 Å². The zero-order valence-corrected chi connectivity index (χ0v) is 14.4. The van der Waals surface area contributed by atoms with Crippen molar-refractivity contribution in [2.75, 3.05) is 13.1 Å². The van der Waals surface area contributed by atoms with Crippen LogP contribution in [-0.4, -0.2) is 55.5 Å². The topological polar surface area (TPSA) is 95.7 Å². The van der Waals surface area contributed by atoms with E-state index >= 15 is 0 Å². The highest BCUT2D eigenvalue weighted by atomic mass is 35.5. The lowest BCUT2D eigenvalue weighted by Crippen LogP contribution is -2.50. The minimum Gasteiger partial charge on any atom is -0.479 e. The molecule has 0 saturated carbocycles. The number of hydrogen-bond acceptors (Lipinski definition) is 4. The van der Waals surface area contributed by atoms with Crippen LogP contribution >= 0.6 is 11.6 Å². The van der Waals surface area contributed by atoms with Gasteiger partial charge in [0, 0.05) is 31.0 Å². The van der Waals surface area contributed by atoms with Crippen LogP contribution in [0.25, 0.3) is 5.69 Å². The quantitative estimate of drug-likeness (QED) is 0.868. The van der Waals surface area contributed by atoms with Crippen LogP contribution < -0.4 is 0 Å². The summed E-state index contributed by atoms with van der Waals surface area (Å²) in [6, 6.07) is 7.11. The highest BCUT2D eigenvalue weighted by Crippen LogP contribution is 2.25. The Labute approximate surface area is 149 Å². The zero-order valence-electron chi connectivity index (χ0n) is 13.6. The van der Waals surface area contributed by atoms with Gasteiger partial charge in [0.2, 0.25) is 0 Å². The zero-order chi connectivity index (χ0) is 18.2. The van der Waals surface area contributed by atoms with Crippen molar-refractivity contribution in [3.05, 3.63) is 46.7 Å². The van der Waals surface area contributed by atoms with E-state index in [0.717, 1.165) is 5.69 Å². The van der Waals surface area contributed by atoms with Crippen molar-refractivity contribution in [3.63, 3.8) is 0 Å². The molecule has 0 atom stereocenters. The van der Waals surface area contributed by atoms with Gasteiger partial charge in [0.25, 0.3) is 5.91 Å². The Bertz CT molecular complexity index is 808. The first-order valence-corrected chi connectivity index (χ1v) is 8.25. The van der Waals surface area contributed by atoms with E-state index in [1.54, 1.807) is 28.6 Å². The fraction of sp³-hybridized carbons (Fsp3) is 0.353. The van der Waals surface area contributed by atoms with Gasteiger partial charge in [-0.25, -0.2) is 9.48 Å². The highest BCUT2D eigenvalue weighted by molar-refractivity contribution is 6.30. The van der Waals surface area contributed by atoms with Gasteiger partial charge in [0.05, 0.1) is 23.1 Å². The van der Waals surface area contributed by atoms with E-state index in [0.29, 0.717) is 16.3 Å². The number of aromatic nitrogens is 2. The van der Waals surface area contributed by atoms with Gasteiger partial charge in [-0.05, 0) is 31.2 Å². The van der Waals surface area contributed by atoms with E-state index in [1.165, 1.54) is 6.20 Å². The number of piperidine rings is 1. The van der Waals surface area contributed by atoms with Crippen LogP contribution in [0.1, 0.15) is 28.9 Å². The van der Waals surface area contributed by atoms with Crippen molar-refractivity contribution < 1.29 is 19.8 Å². The van der Waals surface area contributed by atoms with Crippen LogP contribution in [0.15, 0.2) is 30.5 Å². The van der Waals surface area contributed by atoms with E-state index in [1.807, 2.05) is 12.1 Å². The van der Waals surface area contributed by atoms with Gasteiger partial charge in [0.1, 0.15) is 0 Å². The summed E-state index contributed by atoms with van der Waals surface area (Å²) in [7, 11) is 0. The molecule has 1 saturated heterocycles. The second kappa shape index (κ2) is 6.50. The summed E-state index contributed by atoms with van der Waals surface area (Å²) in [6.07, 6.45) is 1.53. The Hall–Kier alpha value is -2.38. The first-order chi connectivity index (χ1) is 11.8. The van der Waals surface area contributed by atoms with Gasteiger partial charge in [-0.15, -0.1) is 0 Å². The monoisotopic (exact) mass is 363 g/mol. The van der Waals surface area contributed by atoms with Crippen LogP contribution in [-0.2, 0) is 4.79 Å². The predicted molar refractivity (Wildman–Crippen MR) is 91.0 cm³/mol. The minimum atomic E-state index is -1.75. The van der Waals surface area contributed by atoms with Crippen LogP contribution in [0.4, 0.5) is 0 Å². The molecule has 1 aliphatic rings. The predicted octanol–water partition coefficient (Wildman–Crippen LogP) is 1.89. The Morgan fingerprint density at radius 2 is 1.80 bits per heavy atom. The summed E-state index contributed by atoms with van der Waals surface area (Å²) in [6.45, 7) is 2.17. The van der Waals surface area contributed by atoms with Gasteiger partial charge in [-0.1, -0.05) is 11.6 Å². The molecule has 2 heterocycles. The molecule has 0 unspecified atom stereocenters. The molecular weight excluding hydrogens is 346 g/mol. The number of aliphatic carboxylic acids is 1. The smallest absolute Gasteiger partial charge is 0.335 e. The molecule has 0 radical (unpaired) electrons. The fourth-order valence-electron chi connectivity index (χ4n) is 2.93. The molecule has 1 aromatic carbocycles. The highest BCUT2D eigenvalue weighted by Gasteiger charge is 2.40. The lowest BCUT2D eigenvalue weighted by atomic mass is 9.91. The molecule has 1 fully saturated rings. The fourth-order valence-corrected chi connectivity index (χ4v) is 3.05. The van der Waals surface area contributed by atoms with Crippen LogP contribution in [0.5, 0.6) is 0 Å². The summed E-state index contributed by atoms with van der Waals surface area (Å²) >= 11 is 5.89. The molecule has 1 amide bonds. The second-order valence-corrected chi connectivity index (χ2v) is 6.60. The maximum absolute atomic E-state index is 12.7. The molecule has 1 aliphatic heterocycles. The lowest BCUT2D eigenvalue weighted by Gasteiger charge is -2.35. The molecule has 2 N–H and O–H groups in total. The number of halogens is 1. The Balaban J connectivity index is 1.78. The van der Waals surface area contributed by atoms with Gasteiger partial charge in [-0.3, -0.25) is 4.79 Å². The van der Waals surface area contributed by atoms with Crippen molar-refractivity contribution in [3.8, 4) is 5.69 Å². The second-order valence-electron chi connectivity index (χ2n) is 6.16. The minimum absolute atomic E-state index is 0.0123. The molecule has 0 bridgehead atoms. The van der Waals surface area contributed by atoms with Crippen molar-refractivity contribution in [2.24, 2.45) is 0 Å². The Morgan fingerprint density at radius 3 is 2.36 bits per heavy atom. The summed E-state index contributed by atoms with van der Waals surface area (Å²) in [4.78, 5) is 25.4. The number of carboxylic acid groups (broad SMARTS) is 1. The maximum atomic E-state index is 12.7. The molecule has 2 aromatic rings. The number of likely N-dealkylation sites (tertiary alicyclic amines) is 1. The first-order valence-electron chi connectivity index (χ1n) is 7.87. The molecule has 132 valence electrons. The summed E-state index contributed by atoms with van der Waals surface area (Å²) in [5.41, 5.74) is 0.182. The average molecular weight is 364 g/mol. The van der Waals surface area contributed by atoms with Gasteiger partial charge >= 0.3 is 5.97 Å². The third-order valence-electron chi connectivity index (χ3n) is 4.59. The molecule has 8 heteroatoms. The van der Waals surface area contributed by atoms with Crippen LogP contribution in [0, 0.1) is 6.92 Å². The molecule has 0 aliphatic carbocycles. The third-order valence-corrected chi connectivity index (χ3v) is 4.84. The maximum Gasteiger partial charge on any atom is 0.335 e. The number of nitrogens with zero attached hydrogens (tertiary/aromatic N) is 3. The van der Waals surface area contributed by atoms with E-state index in [4.69, 9.17) is 16.7 Å². The van der Waals surface area contributed by atoms with Crippen molar-refractivity contribution >= 4 is 23.5 Å². The standard InChI is InChI=1S/C17H18ClN3O4/c1-11-14(10-19-21(11)13-4-2-12(18)3-5-13)15(22)20-8-6-17(25,7-9-20)16(23)24/h2-5,10,25H,6-9H2,1H3,(H,23,24). The number of rotatable bonds is 3. The van der Waals surface area contributed by atoms with Gasteiger partial charge < -0.3 is 15.1 Å². The number of carboxylic acids is 1. The van der Waals surface area contributed by atoms with Crippen molar-refractivity contribution in [2.45, 2.75) is 25.4 Å². The van der Waals surface area contributed by atoms with E-state index < -0.39 is 11.6 Å². The average Bonchev–Trinajstić information content (AvgIpc) is 2.97. The van der Waals surface area contributed by atoms with E-state index in [-0.39, 0.29) is 31.8 Å². The van der Waals surface area contributed by atoms with E-state index in [9.17, 15) is 14.7 Å². The number of aliphatic hydroxyl groups is 1. The summed E-state index contributed by atoms with van der Waals surface area (Å²) in [5, 5.41) is 23.9. The van der Waals surface area contributed by atoms with Gasteiger partial charge in [-0.2, -0.15) is 5.10 Å². The third kappa shape index (κ3) is 3.25. The van der Waals surface area contributed by atoms with Crippen LogP contribution in [0.2, 0.25) is 5.02 Å². The number of carbonyl (C=O) groups is 2. The SMILES string of the molecule is Cc1c(C(=O)N2CCC(O)(C(=O)O)CC2)cnn1-c1ccc(Cl)cc1. The van der Waals surface area contributed by atoms with Gasteiger partial charge in [0.15, 0.2) is 5.60 Å². The number of carbonyl (C=O) groups excluding carboxylic acids is 1. The van der Waals surface area contributed by atoms with E-state index in [2.05, 4.69) is 5.10 Å². The van der Waals surface area contributed by atoms with Crippen LogP contribution in [0.3, 0.4) is 0 Å². The molecule has 7 nitrogen and oxygen atoms in total. The molecule has 1 aromatic heterocycles. The normalized spacial score (nSPS) is 16.7. The summed E-state index contributed by atoms with van der Waals surface area (Å²) < 4.78 is 1.65. The Morgan fingerprint density at radius 1 is 1.20 bits per heavy atom. The molecule has 3 rings (SSSR count). The molecule has 25 heavy (non-hydrogen) atoms.